The van der Waals surface area contributed by atoms with Gasteiger partial charge in [0.05, 0.1) is 18.0 Å². The first kappa shape index (κ1) is 17.0. The number of rotatable bonds is 5. The van der Waals surface area contributed by atoms with E-state index < -0.39 is 17.8 Å². The molecule has 2 heterocycles. The Labute approximate surface area is 143 Å². The minimum atomic E-state index is -1.23. The van der Waals surface area contributed by atoms with Crippen molar-refractivity contribution in [3.63, 3.8) is 0 Å². The number of fused-ring (bicyclic) bond motifs is 1. The van der Waals surface area contributed by atoms with Crippen LogP contribution in [0.5, 0.6) is 0 Å². The molecule has 8 nitrogen and oxygen atoms in total. The average molecular weight is 341 g/mol. The van der Waals surface area contributed by atoms with Crippen molar-refractivity contribution in [1.29, 1.82) is 0 Å². The van der Waals surface area contributed by atoms with Crippen LogP contribution in [0.2, 0.25) is 0 Å². The highest BCUT2D eigenvalue weighted by Crippen LogP contribution is 2.15. The van der Waals surface area contributed by atoms with E-state index in [1.807, 2.05) is 30.3 Å². The lowest BCUT2D eigenvalue weighted by Crippen LogP contribution is -2.27. The van der Waals surface area contributed by atoms with E-state index in [-0.39, 0.29) is 22.8 Å². The van der Waals surface area contributed by atoms with Crippen LogP contribution in [0, 0.1) is 0 Å². The van der Waals surface area contributed by atoms with Gasteiger partial charge < -0.3 is 15.9 Å². The normalized spacial score (nSPS) is 13.7. The number of benzene rings is 1. The maximum atomic E-state index is 12.7. The SMILES string of the molecule is CC(O)C(O)c1cnc2nc(N)n(CCc3ccccc3)c(=O)c2n1. The average Bonchev–Trinajstić information content (AvgIpc) is 2.61. The monoisotopic (exact) mass is 341 g/mol. The summed E-state index contributed by atoms with van der Waals surface area (Å²) in [6, 6.07) is 9.70. The van der Waals surface area contributed by atoms with E-state index in [0.717, 1.165) is 5.56 Å². The second-order valence-electron chi connectivity index (χ2n) is 5.81. The highest BCUT2D eigenvalue weighted by Gasteiger charge is 2.18. The molecule has 3 rings (SSSR count). The van der Waals surface area contributed by atoms with E-state index in [1.165, 1.54) is 17.7 Å². The zero-order chi connectivity index (χ0) is 18.0. The van der Waals surface area contributed by atoms with E-state index >= 15 is 0 Å². The van der Waals surface area contributed by atoms with E-state index in [4.69, 9.17) is 5.73 Å². The van der Waals surface area contributed by atoms with Crippen LogP contribution in [-0.2, 0) is 13.0 Å². The Kier molecular flexibility index (Phi) is 4.73. The summed E-state index contributed by atoms with van der Waals surface area (Å²) in [4.78, 5) is 25.0. The standard InChI is InChI=1S/C17H19N5O3/c1-10(23)14(24)12-9-19-15-13(20-12)16(25)22(17(18)21-15)8-7-11-5-3-2-4-6-11/h2-6,9-10,14,23-24H,7-8H2,1H3,(H2,18,19,21). The Hall–Kier alpha value is -2.84. The van der Waals surface area contributed by atoms with Crippen LogP contribution in [-0.4, -0.2) is 35.8 Å². The van der Waals surface area contributed by atoms with Crippen LogP contribution < -0.4 is 11.3 Å². The lowest BCUT2D eigenvalue weighted by Gasteiger charge is -2.14. The minimum Gasteiger partial charge on any atom is -0.390 e. The fourth-order valence-electron chi connectivity index (χ4n) is 2.51. The van der Waals surface area contributed by atoms with Crippen molar-refractivity contribution in [2.75, 3.05) is 5.73 Å². The summed E-state index contributed by atoms with van der Waals surface area (Å²) >= 11 is 0. The van der Waals surface area contributed by atoms with Gasteiger partial charge in [-0.3, -0.25) is 9.36 Å². The van der Waals surface area contributed by atoms with E-state index in [0.29, 0.717) is 13.0 Å². The number of aliphatic hydroxyl groups is 2. The van der Waals surface area contributed by atoms with Gasteiger partial charge in [-0.05, 0) is 18.9 Å². The van der Waals surface area contributed by atoms with Gasteiger partial charge in [0.1, 0.15) is 6.10 Å². The van der Waals surface area contributed by atoms with Crippen molar-refractivity contribution >= 4 is 17.1 Å². The van der Waals surface area contributed by atoms with Crippen molar-refractivity contribution in [2.24, 2.45) is 0 Å². The predicted molar refractivity (Wildman–Crippen MR) is 92.8 cm³/mol. The largest absolute Gasteiger partial charge is 0.390 e. The molecular formula is C17H19N5O3. The van der Waals surface area contributed by atoms with E-state index in [1.54, 1.807) is 0 Å². The Balaban J connectivity index is 1.99. The number of hydrogen-bond donors (Lipinski definition) is 3. The van der Waals surface area contributed by atoms with Gasteiger partial charge in [0.15, 0.2) is 11.2 Å². The van der Waals surface area contributed by atoms with Gasteiger partial charge >= 0.3 is 0 Å². The Morgan fingerprint density at radius 2 is 1.92 bits per heavy atom. The molecule has 25 heavy (non-hydrogen) atoms. The van der Waals surface area contributed by atoms with E-state index in [9.17, 15) is 15.0 Å². The van der Waals surface area contributed by atoms with Crippen LogP contribution in [0.1, 0.15) is 24.3 Å². The number of anilines is 1. The van der Waals surface area contributed by atoms with Gasteiger partial charge in [-0.2, -0.15) is 4.98 Å². The highest BCUT2D eigenvalue weighted by atomic mass is 16.3. The number of aromatic nitrogens is 4. The van der Waals surface area contributed by atoms with Gasteiger partial charge in [-0.1, -0.05) is 30.3 Å². The van der Waals surface area contributed by atoms with Gasteiger partial charge in [-0.15, -0.1) is 0 Å². The predicted octanol–water partition coefficient (Wildman–Crippen LogP) is 0.426. The molecule has 3 aromatic rings. The number of hydrogen-bond acceptors (Lipinski definition) is 7. The number of aliphatic hydroxyl groups excluding tert-OH is 2. The van der Waals surface area contributed by atoms with Crippen LogP contribution >= 0.6 is 0 Å². The quantitative estimate of drug-likeness (QED) is 0.614. The molecule has 0 saturated heterocycles. The molecule has 0 amide bonds. The molecule has 2 aromatic heterocycles. The summed E-state index contributed by atoms with van der Waals surface area (Å²) in [6.45, 7) is 1.78. The van der Waals surface area contributed by atoms with Gasteiger partial charge in [0.25, 0.3) is 5.56 Å². The fourth-order valence-corrected chi connectivity index (χ4v) is 2.51. The van der Waals surface area contributed by atoms with Crippen molar-refractivity contribution in [3.8, 4) is 0 Å². The molecule has 0 saturated carbocycles. The third-order valence-corrected chi connectivity index (χ3v) is 3.94. The van der Waals surface area contributed by atoms with Gasteiger partial charge in [0, 0.05) is 6.54 Å². The Morgan fingerprint density at radius 3 is 2.60 bits per heavy atom. The molecule has 130 valence electrons. The molecule has 0 aliphatic rings. The maximum Gasteiger partial charge on any atom is 0.283 e. The lowest BCUT2D eigenvalue weighted by atomic mass is 10.1. The van der Waals surface area contributed by atoms with Gasteiger partial charge in [0.2, 0.25) is 5.95 Å². The molecule has 0 fully saturated rings. The summed E-state index contributed by atoms with van der Waals surface area (Å²) in [5.74, 6) is 0.0616. The number of nitrogen functional groups attached to an aromatic ring is 1. The van der Waals surface area contributed by atoms with Crippen molar-refractivity contribution in [1.82, 2.24) is 19.5 Å². The number of nitrogens with two attached hydrogens (primary N) is 1. The van der Waals surface area contributed by atoms with Gasteiger partial charge in [-0.25, -0.2) is 9.97 Å². The maximum absolute atomic E-state index is 12.7. The first-order valence-electron chi connectivity index (χ1n) is 7.90. The molecule has 0 aliphatic carbocycles. The Morgan fingerprint density at radius 1 is 1.20 bits per heavy atom. The second-order valence-corrected chi connectivity index (χ2v) is 5.81. The van der Waals surface area contributed by atoms with E-state index in [2.05, 4.69) is 15.0 Å². The molecule has 4 N–H and O–H groups in total. The molecular weight excluding hydrogens is 322 g/mol. The zero-order valence-electron chi connectivity index (χ0n) is 13.7. The molecule has 0 radical (unpaired) electrons. The lowest BCUT2D eigenvalue weighted by molar-refractivity contribution is 0.0278. The molecule has 0 bridgehead atoms. The van der Waals surface area contributed by atoms with Crippen LogP contribution in [0.25, 0.3) is 11.2 Å². The summed E-state index contributed by atoms with van der Waals surface area (Å²) in [6.07, 6.45) is -0.373. The second kappa shape index (κ2) is 6.96. The van der Waals surface area contributed by atoms with Crippen LogP contribution in [0.15, 0.2) is 41.3 Å². The topological polar surface area (TPSA) is 127 Å². The fraction of sp³-hybridized carbons (Fsp3) is 0.294. The zero-order valence-corrected chi connectivity index (χ0v) is 13.7. The smallest absolute Gasteiger partial charge is 0.283 e. The van der Waals surface area contributed by atoms with Crippen molar-refractivity contribution in [3.05, 3.63) is 58.1 Å². The summed E-state index contributed by atoms with van der Waals surface area (Å²) in [5, 5.41) is 19.4. The van der Waals surface area contributed by atoms with Crippen LogP contribution in [0.4, 0.5) is 5.95 Å². The summed E-state index contributed by atoms with van der Waals surface area (Å²) in [7, 11) is 0. The van der Waals surface area contributed by atoms with Crippen LogP contribution in [0.3, 0.4) is 0 Å². The first-order valence-corrected chi connectivity index (χ1v) is 7.90. The molecule has 8 heteroatoms. The highest BCUT2D eigenvalue weighted by molar-refractivity contribution is 5.69. The molecule has 2 atom stereocenters. The molecule has 2 unspecified atom stereocenters. The third kappa shape index (κ3) is 3.49. The summed E-state index contributed by atoms with van der Waals surface area (Å²) < 4.78 is 1.34. The molecule has 1 aromatic carbocycles. The van der Waals surface area contributed by atoms with Crippen molar-refractivity contribution in [2.45, 2.75) is 32.1 Å². The Bertz CT molecular complexity index is 940. The molecule has 0 aliphatic heterocycles. The molecule has 0 spiro atoms. The number of nitrogens with zero attached hydrogens (tertiary/aromatic N) is 4. The minimum absolute atomic E-state index is 0.0134. The number of aryl methyl sites for hydroxylation is 1. The van der Waals surface area contributed by atoms with Crippen molar-refractivity contribution < 1.29 is 10.2 Å². The summed E-state index contributed by atoms with van der Waals surface area (Å²) in [5.41, 5.74) is 6.77. The first-order chi connectivity index (χ1) is 12.0. The third-order valence-electron chi connectivity index (χ3n) is 3.94.